The molecule has 0 bridgehead atoms. The molecule has 2 rings (SSSR count). The summed E-state index contributed by atoms with van der Waals surface area (Å²) in [6.07, 6.45) is 0. The normalized spacial score (nSPS) is 10.1. The van der Waals surface area contributed by atoms with E-state index in [1.165, 1.54) is 12.1 Å². The van der Waals surface area contributed by atoms with E-state index in [1.807, 2.05) is 24.3 Å². The maximum absolute atomic E-state index is 13.2. The van der Waals surface area contributed by atoms with E-state index >= 15 is 0 Å². The fourth-order valence-electron chi connectivity index (χ4n) is 1.58. The van der Waals surface area contributed by atoms with Gasteiger partial charge in [-0.25, -0.2) is 4.39 Å². The van der Waals surface area contributed by atoms with Crippen molar-refractivity contribution in [3.63, 3.8) is 0 Å². The molecule has 2 nitrogen and oxygen atoms in total. The van der Waals surface area contributed by atoms with Crippen LogP contribution in [0.1, 0.15) is 0 Å². The molecule has 0 saturated heterocycles. The molecule has 82 valence electrons. The first kappa shape index (κ1) is 10.5. The largest absolute Gasteiger partial charge is 0.497 e. The minimum absolute atomic E-state index is 0.335. The van der Waals surface area contributed by atoms with Gasteiger partial charge in [0.05, 0.1) is 7.11 Å². The lowest BCUT2D eigenvalue weighted by Crippen LogP contribution is -1.89. The Labute approximate surface area is 93.5 Å². The second-order valence-electron chi connectivity index (χ2n) is 3.51. The lowest BCUT2D eigenvalue weighted by molar-refractivity contribution is 0.415. The second-order valence-corrected chi connectivity index (χ2v) is 3.51. The maximum atomic E-state index is 13.2. The number of rotatable bonds is 2. The molecular weight excluding hydrogens is 205 g/mol. The number of methoxy groups -OCH3 is 1. The van der Waals surface area contributed by atoms with Crippen molar-refractivity contribution in [2.45, 2.75) is 0 Å². The standard InChI is InChI=1S/C13H12FNO/c1-16-13-4-2-3-9(7-13)10-5-11(14)8-12(15)6-10/h2-8H,15H2,1H3. The molecule has 0 atom stereocenters. The van der Waals surface area contributed by atoms with Crippen LogP contribution < -0.4 is 10.5 Å². The molecule has 0 aromatic heterocycles. The highest BCUT2D eigenvalue weighted by Gasteiger charge is 2.02. The average Bonchev–Trinajstić information content (AvgIpc) is 2.28. The fourth-order valence-corrected chi connectivity index (χ4v) is 1.58. The Hall–Kier alpha value is -2.03. The van der Waals surface area contributed by atoms with Crippen molar-refractivity contribution in [2.75, 3.05) is 12.8 Å². The van der Waals surface area contributed by atoms with Gasteiger partial charge in [-0.15, -0.1) is 0 Å². The predicted molar refractivity (Wildman–Crippen MR) is 62.8 cm³/mol. The minimum atomic E-state index is -0.335. The topological polar surface area (TPSA) is 35.2 Å². The number of hydrogen-bond donors (Lipinski definition) is 1. The van der Waals surface area contributed by atoms with E-state index in [0.717, 1.165) is 16.9 Å². The van der Waals surface area contributed by atoms with Gasteiger partial charge < -0.3 is 10.5 Å². The quantitative estimate of drug-likeness (QED) is 0.784. The Kier molecular flexibility index (Phi) is 2.77. The van der Waals surface area contributed by atoms with Crippen molar-refractivity contribution in [3.8, 4) is 16.9 Å². The Morgan fingerprint density at radius 1 is 1.06 bits per heavy atom. The van der Waals surface area contributed by atoms with E-state index in [1.54, 1.807) is 13.2 Å². The summed E-state index contributed by atoms with van der Waals surface area (Å²) in [6, 6.07) is 11.9. The lowest BCUT2D eigenvalue weighted by atomic mass is 10.0. The summed E-state index contributed by atoms with van der Waals surface area (Å²) in [7, 11) is 1.60. The average molecular weight is 217 g/mol. The van der Waals surface area contributed by atoms with Crippen molar-refractivity contribution in [2.24, 2.45) is 0 Å². The van der Waals surface area contributed by atoms with Crippen LogP contribution in [-0.2, 0) is 0 Å². The van der Waals surface area contributed by atoms with Gasteiger partial charge in [0.25, 0.3) is 0 Å². The van der Waals surface area contributed by atoms with E-state index in [4.69, 9.17) is 10.5 Å². The molecule has 2 aromatic carbocycles. The molecule has 0 unspecified atom stereocenters. The zero-order valence-electron chi connectivity index (χ0n) is 8.91. The fraction of sp³-hybridized carbons (Fsp3) is 0.0769. The highest BCUT2D eigenvalue weighted by atomic mass is 19.1. The van der Waals surface area contributed by atoms with Crippen LogP contribution in [0.2, 0.25) is 0 Å². The molecule has 2 N–H and O–H groups in total. The highest BCUT2D eigenvalue weighted by molar-refractivity contribution is 5.68. The molecule has 0 saturated carbocycles. The summed E-state index contributed by atoms with van der Waals surface area (Å²) in [5, 5.41) is 0. The van der Waals surface area contributed by atoms with Crippen LogP contribution in [0.25, 0.3) is 11.1 Å². The van der Waals surface area contributed by atoms with Crippen molar-refractivity contribution < 1.29 is 9.13 Å². The van der Waals surface area contributed by atoms with E-state index in [-0.39, 0.29) is 5.82 Å². The third kappa shape index (κ3) is 2.14. The van der Waals surface area contributed by atoms with Crippen LogP contribution in [0, 0.1) is 5.82 Å². The molecule has 0 spiro atoms. The number of nitrogen functional groups attached to an aromatic ring is 1. The van der Waals surface area contributed by atoms with Gasteiger partial charge in [0.2, 0.25) is 0 Å². The van der Waals surface area contributed by atoms with Gasteiger partial charge in [-0.3, -0.25) is 0 Å². The molecule has 0 aliphatic heterocycles. The zero-order valence-corrected chi connectivity index (χ0v) is 8.91. The number of nitrogens with two attached hydrogens (primary N) is 1. The van der Waals surface area contributed by atoms with Crippen LogP contribution in [0.4, 0.5) is 10.1 Å². The molecule has 2 aromatic rings. The van der Waals surface area contributed by atoms with Gasteiger partial charge in [-0.1, -0.05) is 12.1 Å². The zero-order chi connectivity index (χ0) is 11.5. The number of hydrogen-bond acceptors (Lipinski definition) is 2. The SMILES string of the molecule is COc1cccc(-c2cc(N)cc(F)c2)c1. The van der Waals surface area contributed by atoms with Crippen LogP contribution in [0.15, 0.2) is 42.5 Å². The number of benzene rings is 2. The molecule has 0 aliphatic rings. The number of anilines is 1. The molecule has 0 amide bonds. The van der Waals surface area contributed by atoms with E-state index in [0.29, 0.717) is 5.69 Å². The number of ether oxygens (including phenoxy) is 1. The van der Waals surface area contributed by atoms with Crippen LogP contribution in [-0.4, -0.2) is 7.11 Å². The summed E-state index contributed by atoms with van der Waals surface area (Å²) < 4.78 is 18.3. The van der Waals surface area contributed by atoms with Gasteiger partial charge in [0.15, 0.2) is 0 Å². The van der Waals surface area contributed by atoms with Crippen LogP contribution in [0.3, 0.4) is 0 Å². The first-order valence-electron chi connectivity index (χ1n) is 4.89. The van der Waals surface area contributed by atoms with E-state index in [9.17, 15) is 4.39 Å². The van der Waals surface area contributed by atoms with Crippen molar-refractivity contribution >= 4 is 5.69 Å². The molecule has 0 heterocycles. The summed E-state index contributed by atoms with van der Waals surface area (Å²) in [4.78, 5) is 0. The second kappa shape index (κ2) is 4.23. The van der Waals surface area contributed by atoms with Crippen molar-refractivity contribution in [1.29, 1.82) is 0 Å². The van der Waals surface area contributed by atoms with E-state index in [2.05, 4.69) is 0 Å². The van der Waals surface area contributed by atoms with Crippen molar-refractivity contribution in [3.05, 3.63) is 48.3 Å². The van der Waals surface area contributed by atoms with Crippen LogP contribution >= 0.6 is 0 Å². The molecule has 0 fully saturated rings. The Bertz CT molecular complexity index is 491. The van der Waals surface area contributed by atoms with Crippen molar-refractivity contribution in [1.82, 2.24) is 0 Å². The first-order valence-corrected chi connectivity index (χ1v) is 4.89. The van der Waals surface area contributed by atoms with Gasteiger partial charge in [-0.05, 0) is 41.5 Å². The first-order chi connectivity index (χ1) is 7.69. The van der Waals surface area contributed by atoms with Gasteiger partial charge in [0, 0.05) is 5.69 Å². The highest BCUT2D eigenvalue weighted by Crippen LogP contribution is 2.26. The molecule has 0 aliphatic carbocycles. The molecule has 0 radical (unpaired) electrons. The molecule has 16 heavy (non-hydrogen) atoms. The summed E-state index contributed by atoms with van der Waals surface area (Å²) in [6.45, 7) is 0. The summed E-state index contributed by atoms with van der Waals surface area (Å²) in [5.74, 6) is 0.401. The summed E-state index contributed by atoms with van der Waals surface area (Å²) in [5.41, 5.74) is 7.64. The summed E-state index contributed by atoms with van der Waals surface area (Å²) >= 11 is 0. The third-order valence-electron chi connectivity index (χ3n) is 2.32. The predicted octanol–water partition coefficient (Wildman–Crippen LogP) is 3.08. The van der Waals surface area contributed by atoms with Gasteiger partial charge in [-0.2, -0.15) is 0 Å². The Morgan fingerprint density at radius 2 is 1.88 bits per heavy atom. The third-order valence-corrected chi connectivity index (χ3v) is 2.32. The monoisotopic (exact) mass is 217 g/mol. The van der Waals surface area contributed by atoms with Gasteiger partial charge in [0.1, 0.15) is 11.6 Å². The minimum Gasteiger partial charge on any atom is -0.497 e. The Morgan fingerprint density at radius 3 is 2.56 bits per heavy atom. The Balaban J connectivity index is 2.49. The lowest BCUT2D eigenvalue weighted by Gasteiger charge is -2.06. The van der Waals surface area contributed by atoms with E-state index < -0.39 is 0 Å². The maximum Gasteiger partial charge on any atom is 0.125 e. The smallest absolute Gasteiger partial charge is 0.125 e. The molecular formula is C13H12FNO. The van der Waals surface area contributed by atoms with Crippen LogP contribution in [0.5, 0.6) is 5.75 Å². The number of halogens is 1. The molecule has 3 heteroatoms. The van der Waals surface area contributed by atoms with Gasteiger partial charge >= 0.3 is 0 Å².